The van der Waals surface area contributed by atoms with Gasteiger partial charge in [0.05, 0.1) is 0 Å². The molecule has 1 amide bonds. The second-order valence-electron chi connectivity index (χ2n) is 4.40. The van der Waals surface area contributed by atoms with Crippen LogP contribution in [0.5, 0.6) is 0 Å². The van der Waals surface area contributed by atoms with Crippen LogP contribution in [0, 0.1) is 0 Å². The molecular weight excluding hydrogens is 294 g/mol. The highest BCUT2D eigenvalue weighted by atomic mass is 79.9. The van der Waals surface area contributed by atoms with Gasteiger partial charge in [-0.05, 0) is 11.6 Å². The van der Waals surface area contributed by atoms with Crippen LogP contribution in [-0.4, -0.2) is 43.5 Å². The number of carbonyl (C=O) groups excluding carboxylic acids is 1. The molecular formula is C13H18BrN3O. The highest BCUT2D eigenvalue weighted by Crippen LogP contribution is 2.19. The van der Waals surface area contributed by atoms with E-state index in [1.807, 2.05) is 18.2 Å². The molecule has 0 spiro atoms. The van der Waals surface area contributed by atoms with Crippen LogP contribution in [0.3, 0.4) is 0 Å². The van der Waals surface area contributed by atoms with E-state index in [1.165, 1.54) is 5.56 Å². The first-order chi connectivity index (χ1) is 8.72. The van der Waals surface area contributed by atoms with Gasteiger partial charge in [-0.15, -0.1) is 0 Å². The van der Waals surface area contributed by atoms with Gasteiger partial charge in [0.15, 0.2) is 0 Å². The van der Waals surface area contributed by atoms with Crippen molar-refractivity contribution in [3.8, 4) is 0 Å². The quantitative estimate of drug-likeness (QED) is 0.874. The Morgan fingerprint density at radius 2 is 2.33 bits per heavy atom. The van der Waals surface area contributed by atoms with Crippen molar-refractivity contribution in [1.82, 2.24) is 15.5 Å². The SMILES string of the molecule is CNC(=O)C1CNCCN1Cc1ccccc1Br. The third-order valence-electron chi connectivity index (χ3n) is 3.23. The zero-order chi connectivity index (χ0) is 13.0. The molecule has 2 rings (SSSR count). The van der Waals surface area contributed by atoms with Crippen LogP contribution >= 0.6 is 15.9 Å². The van der Waals surface area contributed by atoms with Crippen LogP contribution in [0.25, 0.3) is 0 Å². The lowest BCUT2D eigenvalue weighted by Crippen LogP contribution is -2.56. The lowest BCUT2D eigenvalue weighted by Gasteiger charge is -2.35. The minimum atomic E-state index is -0.0872. The number of carbonyl (C=O) groups is 1. The number of nitrogens with zero attached hydrogens (tertiary/aromatic N) is 1. The van der Waals surface area contributed by atoms with Gasteiger partial charge in [-0.1, -0.05) is 34.1 Å². The standard InChI is InChI=1S/C13H18BrN3O/c1-15-13(18)12-8-16-6-7-17(12)9-10-4-2-3-5-11(10)14/h2-5,12,16H,6-9H2,1H3,(H,15,18). The van der Waals surface area contributed by atoms with E-state index >= 15 is 0 Å². The summed E-state index contributed by atoms with van der Waals surface area (Å²) >= 11 is 3.55. The van der Waals surface area contributed by atoms with E-state index in [9.17, 15) is 4.79 Å². The molecule has 1 aromatic carbocycles. The third kappa shape index (κ3) is 3.10. The van der Waals surface area contributed by atoms with Gasteiger partial charge in [0.1, 0.15) is 6.04 Å². The van der Waals surface area contributed by atoms with Gasteiger partial charge in [0.25, 0.3) is 0 Å². The van der Waals surface area contributed by atoms with Gasteiger partial charge in [0, 0.05) is 37.7 Å². The summed E-state index contributed by atoms with van der Waals surface area (Å²) < 4.78 is 1.10. The highest BCUT2D eigenvalue weighted by molar-refractivity contribution is 9.10. The van der Waals surface area contributed by atoms with Crippen molar-refractivity contribution in [2.24, 2.45) is 0 Å². The first-order valence-electron chi connectivity index (χ1n) is 6.12. The van der Waals surface area contributed by atoms with Crippen molar-refractivity contribution >= 4 is 21.8 Å². The zero-order valence-corrected chi connectivity index (χ0v) is 12.0. The normalized spacial score (nSPS) is 20.7. The fourth-order valence-electron chi connectivity index (χ4n) is 2.21. The first kappa shape index (κ1) is 13.5. The minimum absolute atomic E-state index is 0.0780. The summed E-state index contributed by atoms with van der Waals surface area (Å²) in [5.41, 5.74) is 1.22. The van der Waals surface area contributed by atoms with Gasteiger partial charge in [-0.25, -0.2) is 0 Å². The molecule has 1 heterocycles. The van der Waals surface area contributed by atoms with Gasteiger partial charge in [-0.3, -0.25) is 9.69 Å². The summed E-state index contributed by atoms with van der Waals surface area (Å²) in [6, 6.07) is 8.06. The summed E-state index contributed by atoms with van der Waals surface area (Å²) in [4.78, 5) is 14.1. The predicted octanol–water partition coefficient (Wildman–Crippen LogP) is 0.969. The third-order valence-corrected chi connectivity index (χ3v) is 4.01. The van der Waals surface area contributed by atoms with Gasteiger partial charge in [0.2, 0.25) is 5.91 Å². The van der Waals surface area contributed by atoms with Crippen molar-refractivity contribution in [3.05, 3.63) is 34.3 Å². The molecule has 4 nitrogen and oxygen atoms in total. The average molecular weight is 312 g/mol. The molecule has 0 aromatic heterocycles. The molecule has 1 fully saturated rings. The Morgan fingerprint density at radius 1 is 1.56 bits per heavy atom. The first-order valence-corrected chi connectivity index (χ1v) is 6.91. The molecule has 1 aliphatic heterocycles. The Bertz CT molecular complexity index is 424. The predicted molar refractivity (Wildman–Crippen MR) is 75.3 cm³/mol. The van der Waals surface area contributed by atoms with Crippen LogP contribution in [0.4, 0.5) is 0 Å². The average Bonchev–Trinajstić information content (AvgIpc) is 2.41. The van der Waals surface area contributed by atoms with Crippen LogP contribution < -0.4 is 10.6 Å². The van der Waals surface area contributed by atoms with Crippen LogP contribution in [0.1, 0.15) is 5.56 Å². The largest absolute Gasteiger partial charge is 0.358 e. The van der Waals surface area contributed by atoms with Gasteiger partial charge < -0.3 is 10.6 Å². The van der Waals surface area contributed by atoms with Crippen molar-refractivity contribution < 1.29 is 4.79 Å². The van der Waals surface area contributed by atoms with Crippen molar-refractivity contribution in [3.63, 3.8) is 0 Å². The smallest absolute Gasteiger partial charge is 0.238 e. The Balaban J connectivity index is 2.10. The summed E-state index contributed by atoms with van der Waals surface area (Å²) in [7, 11) is 1.69. The summed E-state index contributed by atoms with van der Waals surface area (Å²) in [6.07, 6.45) is 0. The number of hydrogen-bond donors (Lipinski definition) is 2. The van der Waals surface area contributed by atoms with Crippen LogP contribution in [-0.2, 0) is 11.3 Å². The summed E-state index contributed by atoms with van der Waals surface area (Å²) in [5.74, 6) is 0.0780. The van der Waals surface area contributed by atoms with Crippen LogP contribution in [0.2, 0.25) is 0 Å². The van der Waals surface area contributed by atoms with E-state index in [-0.39, 0.29) is 11.9 Å². The fraction of sp³-hybridized carbons (Fsp3) is 0.462. The number of amides is 1. The minimum Gasteiger partial charge on any atom is -0.358 e. The molecule has 5 heteroatoms. The monoisotopic (exact) mass is 311 g/mol. The van der Waals surface area contributed by atoms with Crippen molar-refractivity contribution in [2.75, 3.05) is 26.7 Å². The zero-order valence-electron chi connectivity index (χ0n) is 10.4. The number of nitrogens with one attached hydrogen (secondary N) is 2. The van der Waals surface area contributed by atoms with Crippen molar-refractivity contribution in [2.45, 2.75) is 12.6 Å². The Morgan fingerprint density at radius 3 is 3.06 bits per heavy atom. The molecule has 0 bridgehead atoms. The summed E-state index contributed by atoms with van der Waals surface area (Å²) in [5, 5.41) is 6.00. The van der Waals surface area contributed by atoms with E-state index in [1.54, 1.807) is 7.05 Å². The molecule has 1 unspecified atom stereocenters. The Labute approximate surface area is 116 Å². The molecule has 1 aliphatic rings. The molecule has 1 atom stereocenters. The van der Waals surface area contributed by atoms with E-state index in [0.717, 1.165) is 24.1 Å². The Hall–Kier alpha value is -0.910. The second-order valence-corrected chi connectivity index (χ2v) is 5.25. The molecule has 1 saturated heterocycles. The topological polar surface area (TPSA) is 44.4 Å². The number of piperazine rings is 1. The molecule has 18 heavy (non-hydrogen) atoms. The van der Waals surface area contributed by atoms with Crippen molar-refractivity contribution in [1.29, 1.82) is 0 Å². The number of hydrogen-bond acceptors (Lipinski definition) is 3. The fourth-order valence-corrected chi connectivity index (χ4v) is 2.62. The van der Waals surface area contributed by atoms with Crippen LogP contribution in [0.15, 0.2) is 28.7 Å². The van der Waals surface area contributed by atoms with Gasteiger partial charge >= 0.3 is 0 Å². The number of halogens is 1. The molecule has 0 saturated carbocycles. The maximum Gasteiger partial charge on any atom is 0.238 e. The molecule has 1 aromatic rings. The van der Waals surface area contributed by atoms with Gasteiger partial charge in [-0.2, -0.15) is 0 Å². The lowest BCUT2D eigenvalue weighted by molar-refractivity contribution is -0.126. The second kappa shape index (κ2) is 6.31. The van der Waals surface area contributed by atoms with E-state index in [2.05, 4.69) is 37.5 Å². The molecule has 2 N–H and O–H groups in total. The number of rotatable bonds is 3. The van der Waals surface area contributed by atoms with E-state index < -0.39 is 0 Å². The lowest BCUT2D eigenvalue weighted by atomic mass is 10.1. The maximum atomic E-state index is 11.8. The van der Waals surface area contributed by atoms with E-state index in [0.29, 0.717) is 6.54 Å². The maximum absolute atomic E-state index is 11.8. The molecule has 0 aliphatic carbocycles. The Kier molecular flexibility index (Phi) is 4.74. The number of benzene rings is 1. The molecule has 98 valence electrons. The summed E-state index contributed by atoms with van der Waals surface area (Å²) in [6.45, 7) is 3.32. The molecule has 0 radical (unpaired) electrons. The number of likely N-dealkylation sites (N-methyl/N-ethyl adjacent to an activating group) is 1. The highest BCUT2D eigenvalue weighted by Gasteiger charge is 2.27. The van der Waals surface area contributed by atoms with E-state index in [4.69, 9.17) is 0 Å².